The van der Waals surface area contributed by atoms with Crippen LogP contribution < -0.4 is 0 Å². The molecule has 0 aromatic rings. The molecule has 0 saturated carbocycles. The van der Waals surface area contributed by atoms with Crippen molar-refractivity contribution in [2.45, 2.75) is 18.9 Å². The van der Waals surface area contributed by atoms with Crippen LogP contribution >= 0.6 is 0 Å². The smallest absolute Gasteiger partial charge is 0.230 e. The largest absolute Gasteiger partial charge is 0.376 e. The highest BCUT2D eigenvalue weighted by Crippen LogP contribution is 2.34. The monoisotopic (exact) mass is 153 g/mol. The van der Waals surface area contributed by atoms with E-state index in [0.717, 1.165) is 12.8 Å². The van der Waals surface area contributed by atoms with Crippen LogP contribution in [0.5, 0.6) is 0 Å². The zero-order valence-electron chi connectivity index (χ0n) is 6.23. The number of allylic oxidation sites excluding steroid dienone is 1. The molecule has 1 amide bonds. The maximum atomic E-state index is 11.2. The molecule has 11 heavy (non-hydrogen) atoms. The lowest BCUT2D eigenvalue weighted by molar-refractivity contribution is -0.163. The number of carbonyl (C=O) groups is 1. The molecule has 3 nitrogen and oxygen atoms in total. The molecule has 1 aliphatic carbocycles. The zero-order valence-corrected chi connectivity index (χ0v) is 6.23. The maximum absolute atomic E-state index is 11.2. The van der Waals surface area contributed by atoms with Crippen molar-refractivity contribution in [2.24, 2.45) is 5.92 Å². The summed E-state index contributed by atoms with van der Waals surface area (Å²) in [5, 5.41) is 8.78. The van der Waals surface area contributed by atoms with Crippen LogP contribution in [0.3, 0.4) is 0 Å². The van der Waals surface area contributed by atoms with Crippen LogP contribution in [0.2, 0.25) is 0 Å². The Hall–Kier alpha value is -0.830. The summed E-state index contributed by atoms with van der Waals surface area (Å²) in [6, 6.07) is 0.289. The number of hydrogen-bond acceptors (Lipinski definition) is 2. The molecule has 1 saturated heterocycles. The van der Waals surface area contributed by atoms with Gasteiger partial charge in [-0.15, -0.1) is 0 Å². The number of hydrogen-bond donors (Lipinski definition) is 1. The number of fused-ring (bicyclic) bond motifs is 1. The summed E-state index contributed by atoms with van der Waals surface area (Å²) in [7, 11) is 0. The molecule has 3 heteroatoms. The van der Waals surface area contributed by atoms with Crippen molar-refractivity contribution in [3.63, 3.8) is 0 Å². The van der Waals surface area contributed by atoms with E-state index >= 15 is 0 Å². The Morgan fingerprint density at radius 1 is 1.55 bits per heavy atom. The number of carbonyl (C=O) groups excluding carboxylic acids is 1. The number of nitrogens with zero attached hydrogens (tertiary/aromatic N) is 1. The molecule has 1 heterocycles. The maximum Gasteiger partial charge on any atom is 0.230 e. The van der Waals surface area contributed by atoms with Crippen molar-refractivity contribution in [3.8, 4) is 0 Å². The van der Waals surface area contributed by atoms with E-state index in [1.165, 1.54) is 4.90 Å². The Kier molecular flexibility index (Phi) is 1.46. The normalized spacial score (nSPS) is 35.0. The van der Waals surface area contributed by atoms with Crippen molar-refractivity contribution in [1.82, 2.24) is 4.90 Å². The molecular formula is C8H11NO2. The number of β-lactam (4-membered cyclic amide) rings is 1. The molecule has 0 spiro atoms. The summed E-state index contributed by atoms with van der Waals surface area (Å²) in [5.74, 6) is 0.286. The van der Waals surface area contributed by atoms with E-state index in [2.05, 4.69) is 6.08 Å². The van der Waals surface area contributed by atoms with Gasteiger partial charge in [0.05, 0.1) is 5.92 Å². The molecule has 0 unspecified atom stereocenters. The van der Waals surface area contributed by atoms with E-state index in [0.29, 0.717) is 0 Å². The first kappa shape index (κ1) is 6.85. The molecule has 0 bridgehead atoms. The first-order valence-corrected chi connectivity index (χ1v) is 3.91. The Bertz CT molecular complexity index is 212. The molecule has 1 fully saturated rings. The van der Waals surface area contributed by atoms with Gasteiger partial charge in [-0.2, -0.15) is 0 Å². The van der Waals surface area contributed by atoms with E-state index in [9.17, 15) is 4.79 Å². The minimum Gasteiger partial charge on any atom is -0.376 e. The molecule has 1 N–H and O–H groups in total. The molecule has 2 rings (SSSR count). The number of likely N-dealkylation sites (tertiary alicyclic amines) is 1. The van der Waals surface area contributed by atoms with E-state index in [4.69, 9.17) is 5.11 Å². The van der Waals surface area contributed by atoms with Crippen LogP contribution in [0.15, 0.2) is 12.2 Å². The zero-order chi connectivity index (χ0) is 7.84. The second-order valence-electron chi connectivity index (χ2n) is 3.07. The lowest BCUT2D eigenvalue weighted by Gasteiger charge is -2.47. The summed E-state index contributed by atoms with van der Waals surface area (Å²) in [6.45, 7) is -0.117. The van der Waals surface area contributed by atoms with E-state index in [-0.39, 0.29) is 24.6 Å². The summed E-state index contributed by atoms with van der Waals surface area (Å²) < 4.78 is 0. The van der Waals surface area contributed by atoms with Crippen molar-refractivity contribution in [3.05, 3.63) is 12.2 Å². The predicted octanol–water partition coefficient (Wildman–Crippen LogP) is 0.113. The highest BCUT2D eigenvalue weighted by atomic mass is 16.3. The van der Waals surface area contributed by atoms with Crippen LogP contribution in [0.25, 0.3) is 0 Å². The Labute approximate surface area is 65.3 Å². The second kappa shape index (κ2) is 2.34. The Morgan fingerprint density at radius 2 is 2.27 bits per heavy atom. The minimum absolute atomic E-state index is 0.113. The average molecular weight is 153 g/mol. The summed E-state index contributed by atoms with van der Waals surface area (Å²) in [5.41, 5.74) is 0. The van der Waals surface area contributed by atoms with E-state index in [1.54, 1.807) is 0 Å². The molecule has 2 atom stereocenters. The molecule has 2 aliphatic rings. The first-order chi connectivity index (χ1) is 5.34. The first-order valence-electron chi connectivity index (χ1n) is 3.91. The van der Waals surface area contributed by atoms with Gasteiger partial charge in [-0.05, 0) is 12.8 Å². The van der Waals surface area contributed by atoms with Crippen LogP contribution in [0, 0.1) is 5.92 Å². The second-order valence-corrected chi connectivity index (χ2v) is 3.07. The molecule has 0 radical (unpaired) electrons. The fourth-order valence-electron chi connectivity index (χ4n) is 1.88. The van der Waals surface area contributed by atoms with Crippen LogP contribution in [0.4, 0.5) is 0 Å². The number of amides is 1. The van der Waals surface area contributed by atoms with Crippen molar-refractivity contribution in [2.75, 3.05) is 6.73 Å². The van der Waals surface area contributed by atoms with Crippen LogP contribution in [0.1, 0.15) is 12.8 Å². The van der Waals surface area contributed by atoms with Gasteiger partial charge in [0.2, 0.25) is 5.91 Å². The van der Waals surface area contributed by atoms with Gasteiger partial charge >= 0.3 is 0 Å². The molecular weight excluding hydrogens is 142 g/mol. The topological polar surface area (TPSA) is 40.5 Å². The molecule has 1 aliphatic heterocycles. The molecule has 60 valence electrons. The lowest BCUT2D eigenvalue weighted by atomic mass is 9.80. The van der Waals surface area contributed by atoms with E-state index in [1.807, 2.05) is 6.08 Å². The summed E-state index contributed by atoms with van der Waals surface area (Å²) in [4.78, 5) is 12.7. The minimum atomic E-state index is -0.117. The van der Waals surface area contributed by atoms with E-state index < -0.39 is 0 Å². The standard InChI is InChI=1S/C8H11NO2/c10-5-9-7-4-2-1-3-6(7)8(9)11/h1-2,6-7,10H,3-5H2/t6-,7+/m0/s1. The summed E-state index contributed by atoms with van der Waals surface area (Å²) >= 11 is 0. The van der Waals surface area contributed by atoms with Gasteiger partial charge in [0, 0.05) is 6.04 Å². The number of rotatable bonds is 1. The molecule has 0 aromatic heterocycles. The van der Waals surface area contributed by atoms with Gasteiger partial charge in [0.1, 0.15) is 6.73 Å². The molecule has 0 aromatic carbocycles. The van der Waals surface area contributed by atoms with Gasteiger partial charge in [-0.25, -0.2) is 0 Å². The highest BCUT2D eigenvalue weighted by molar-refractivity contribution is 5.86. The van der Waals surface area contributed by atoms with Crippen molar-refractivity contribution < 1.29 is 9.90 Å². The Morgan fingerprint density at radius 3 is 3.00 bits per heavy atom. The van der Waals surface area contributed by atoms with Gasteiger partial charge in [-0.3, -0.25) is 4.79 Å². The van der Waals surface area contributed by atoms with Crippen molar-refractivity contribution in [1.29, 1.82) is 0 Å². The van der Waals surface area contributed by atoms with Crippen LogP contribution in [-0.2, 0) is 4.79 Å². The van der Waals surface area contributed by atoms with Gasteiger partial charge < -0.3 is 10.0 Å². The van der Waals surface area contributed by atoms with Gasteiger partial charge in [0.15, 0.2) is 0 Å². The lowest BCUT2D eigenvalue weighted by Crippen LogP contribution is -2.61. The highest BCUT2D eigenvalue weighted by Gasteiger charge is 2.46. The average Bonchev–Trinajstić information content (AvgIpc) is 2.05. The fourth-order valence-corrected chi connectivity index (χ4v) is 1.88. The number of aliphatic hydroxyl groups is 1. The van der Waals surface area contributed by atoms with Gasteiger partial charge in [0.25, 0.3) is 0 Å². The van der Waals surface area contributed by atoms with Crippen LogP contribution in [-0.4, -0.2) is 28.7 Å². The third kappa shape index (κ3) is 0.807. The SMILES string of the molecule is O=C1[C@H]2CC=CC[C@H]2N1CO. The number of aliphatic hydroxyl groups excluding tert-OH is 1. The van der Waals surface area contributed by atoms with Gasteiger partial charge in [-0.1, -0.05) is 12.2 Å². The predicted molar refractivity (Wildman–Crippen MR) is 39.6 cm³/mol. The quantitative estimate of drug-likeness (QED) is 0.429. The fraction of sp³-hybridized carbons (Fsp3) is 0.625. The van der Waals surface area contributed by atoms with Crippen molar-refractivity contribution >= 4 is 5.91 Å². The Balaban J connectivity index is 2.10. The third-order valence-corrected chi connectivity index (χ3v) is 2.55. The third-order valence-electron chi connectivity index (χ3n) is 2.55. The summed E-state index contributed by atoms with van der Waals surface area (Å²) in [6.07, 6.45) is 5.90.